The number of amides is 1. The fourth-order valence-corrected chi connectivity index (χ4v) is 2.40. The van der Waals surface area contributed by atoms with Crippen LogP contribution in [-0.2, 0) is 13.1 Å². The van der Waals surface area contributed by atoms with Crippen molar-refractivity contribution in [3.8, 4) is 0 Å². The van der Waals surface area contributed by atoms with Gasteiger partial charge in [-0.1, -0.05) is 6.07 Å². The van der Waals surface area contributed by atoms with Crippen molar-refractivity contribution in [2.24, 2.45) is 5.73 Å². The Kier molecular flexibility index (Phi) is 4.17. The van der Waals surface area contributed by atoms with Gasteiger partial charge in [0.1, 0.15) is 5.76 Å². The van der Waals surface area contributed by atoms with Crippen molar-refractivity contribution in [2.75, 3.05) is 6.54 Å². The summed E-state index contributed by atoms with van der Waals surface area (Å²) in [7, 11) is 0. The van der Waals surface area contributed by atoms with E-state index in [1.807, 2.05) is 24.4 Å². The molecule has 0 saturated carbocycles. The molecule has 0 aliphatic heterocycles. The molecule has 0 atom stereocenters. The molecule has 0 aliphatic carbocycles. The zero-order valence-corrected chi connectivity index (χ0v) is 11.1. The van der Waals surface area contributed by atoms with E-state index < -0.39 is 0 Å². The SMILES string of the molecule is CCN(Cc1cccs1)C(=O)c1ccc(CN)o1. The molecule has 0 bridgehead atoms. The zero-order chi connectivity index (χ0) is 13.0. The molecule has 2 aromatic rings. The van der Waals surface area contributed by atoms with E-state index in [2.05, 4.69) is 0 Å². The summed E-state index contributed by atoms with van der Waals surface area (Å²) >= 11 is 1.64. The van der Waals surface area contributed by atoms with Gasteiger partial charge >= 0.3 is 0 Å². The predicted octanol–water partition coefficient (Wildman–Crippen LogP) is 2.46. The molecule has 1 amide bonds. The lowest BCUT2D eigenvalue weighted by Crippen LogP contribution is -2.29. The second kappa shape index (κ2) is 5.84. The maximum atomic E-state index is 12.2. The summed E-state index contributed by atoms with van der Waals surface area (Å²) in [5.74, 6) is 0.894. The second-order valence-electron chi connectivity index (χ2n) is 3.87. The highest BCUT2D eigenvalue weighted by atomic mass is 32.1. The number of thiophene rings is 1. The number of nitrogens with two attached hydrogens (primary N) is 1. The lowest BCUT2D eigenvalue weighted by Gasteiger charge is -2.18. The third-order valence-electron chi connectivity index (χ3n) is 2.67. The molecule has 4 nitrogen and oxygen atoms in total. The first kappa shape index (κ1) is 12.9. The van der Waals surface area contributed by atoms with Crippen LogP contribution in [0.4, 0.5) is 0 Å². The third-order valence-corrected chi connectivity index (χ3v) is 3.53. The van der Waals surface area contributed by atoms with E-state index in [0.29, 0.717) is 31.2 Å². The van der Waals surface area contributed by atoms with Crippen molar-refractivity contribution in [2.45, 2.75) is 20.0 Å². The average molecular weight is 264 g/mol. The minimum Gasteiger partial charge on any atom is -0.455 e. The Morgan fingerprint density at radius 3 is 2.83 bits per heavy atom. The molecule has 0 spiro atoms. The van der Waals surface area contributed by atoms with Crippen molar-refractivity contribution in [3.05, 3.63) is 46.0 Å². The quantitative estimate of drug-likeness (QED) is 0.902. The van der Waals surface area contributed by atoms with E-state index in [1.54, 1.807) is 28.4 Å². The molecule has 0 radical (unpaired) electrons. The van der Waals surface area contributed by atoms with Crippen LogP contribution in [0, 0.1) is 0 Å². The number of rotatable bonds is 5. The van der Waals surface area contributed by atoms with Gasteiger partial charge in [-0.3, -0.25) is 4.79 Å². The molecule has 0 aromatic carbocycles. The second-order valence-corrected chi connectivity index (χ2v) is 4.90. The van der Waals surface area contributed by atoms with E-state index in [-0.39, 0.29) is 5.91 Å². The van der Waals surface area contributed by atoms with Crippen LogP contribution in [0.25, 0.3) is 0 Å². The smallest absolute Gasteiger partial charge is 0.289 e. The normalized spacial score (nSPS) is 10.6. The Hall–Kier alpha value is -1.59. The number of furan rings is 1. The number of hydrogen-bond acceptors (Lipinski definition) is 4. The van der Waals surface area contributed by atoms with Gasteiger partial charge in [0.05, 0.1) is 13.1 Å². The van der Waals surface area contributed by atoms with Crippen LogP contribution in [0.5, 0.6) is 0 Å². The van der Waals surface area contributed by atoms with Crippen LogP contribution in [0.2, 0.25) is 0 Å². The Balaban J connectivity index is 2.09. The van der Waals surface area contributed by atoms with E-state index >= 15 is 0 Å². The summed E-state index contributed by atoms with van der Waals surface area (Å²) in [6.45, 7) is 3.53. The molecule has 2 rings (SSSR count). The van der Waals surface area contributed by atoms with Crippen LogP contribution in [0.1, 0.15) is 28.1 Å². The van der Waals surface area contributed by atoms with Crippen LogP contribution >= 0.6 is 11.3 Å². The van der Waals surface area contributed by atoms with Crippen LogP contribution < -0.4 is 5.73 Å². The highest BCUT2D eigenvalue weighted by Crippen LogP contribution is 2.15. The fraction of sp³-hybridized carbons (Fsp3) is 0.308. The summed E-state index contributed by atoms with van der Waals surface area (Å²) in [4.78, 5) is 15.1. The molecule has 18 heavy (non-hydrogen) atoms. The van der Waals surface area contributed by atoms with Crippen molar-refractivity contribution >= 4 is 17.2 Å². The maximum absolute atomic E-state index is 12.2. The first-order valence-electron chi connectivity index (χ1n) is 5.85. The molecular weight excluding hydrogens is 248 g/mol. The molecule has 0 unspecified atom stereocenters. The van der Waals surface area contributed by atoms with Crippen molar-refractivity contribution in [3.63, 3.8) is 0 Å². The fourth-order valence-electron chi connectivity index (χ4n) is 1.68. The predicted molar refractivity (Wildman–Crippen MR) is 71.3 cm³/mol. The van der Waals surface area contributed by atoms with Gasteiger partial charge in [-0.2, -0.15) is 0 Å². The molecule has 2 N–H and O–H groups in total. The van der Waals surface area contributed by atoms with E-state index in [9.17, 15) is 4.79 Å². The highest BCUT2D eigenvalue weighted by Gasteiger charge is 2.18. The first-order valence-corrected chi connectivity index (χ1v) is 6.73. The average Bonchev–Trinajstić information content (AvgIpc) is 3.06. The van der Waals surface area contributed by atoms with Crippen LogP contribution in [0.3, 0.4) is 0 Å². The van der Waals surface area contributed by atoms with Crippen molar-refractivity contribution in [1.82, 2.24) is 4.90 Å². The van der Waals surface area contributed by atoms with Crippen LogP contribution in [0.15, 0.2) is 34.1 Å². The van der Waals surface area contributed by atoms with Gasteiger partial charge in [-0.25, -0.2) is 0 Å². The lowest BCUT2D eigenvalue weighted by atomic mass is 10.3. The standard InChI is InChI=1S/C13H16N2O2S/c1-2-15(9-11-4-3-7-18-11)13(16)12-6-5-10(8-14)17-12/h3-7H,2,8-9,14H2,1H3. The largest absolute Gasteiger partial charge is 0.455 e. The summed E-state index contributed by atoms with van der Waals surface area (Å²) in [6, 6.07) is 7.43. The number of carbonyl (C=O) groups excluding carboxylic acids is 1. The van der Waals surface area contributed by atoms with Gasteiger partial charge in [-0.15, -0.1) is 11.3 Å². The van der Waals surface area contributed by atoms with Gasteiger partial charge in [0, 0.05) is 11.4 Å². The van der Waals surface area contributed by atoms with Crippen LogP contribution in [-0.4, -0.2) is 17.4 Å². The topological polar surface area (TPSA) is 59.5 Å². The summed E-state index contributed by atoms with van der Waals surface area (Å²) in [5.41, 5.74) is 5.46. The number of hydrogen-bond donors (Lipinski definition) is 1. The number of nitrogens with zero attached hydrogens (tertiary/aromatic N) is 1. The summed E-state index contributed by atoms with van der Waals surface area (Å²) in [6.07, 6.45) is 0. The lowest BCUT2D eigenvalue weighted by molar-refractivity contribution is 0.0720. The molecule has 2 aromatic heterocycles. The molecule has 0 aliphatic rings. The van der Waals surface area contributed by atoms with Gasteiger partial charge in [0.15, 0.2) is 5.76 Å². The third kappa shape index (κ3) is 2.80. The van der Waals surface area contributed by atoms with E-state index in [1.165, 1.54) is 0 Å². The Labute approximate surface area is 110 Å². The molecule has 96 valence electrons. The van der Waals surface area contributed by atoms with Gasteiger partial charge in [0.25, 0.3) is 5.91 Å². The Morgan fingerprint density at radius 1 is 1.44 bits per heavy atom. The van der Waals surface area contributed by atoms with E-state index in [4.69, 9.17) is 10.2 Å². The highest BCUT2D eigenvalue weighted by molar-refractivity contribution is 7.09. The van der Waals surface area contributed by atoms with Crippen molar-refractivity contribution in [1.29, 1.82) is 0 Å². The van der Waals surface area contributed by atoms with Gasteiger partial charge in [-0.05, 0) is 30.5 Å². The zero-order valence-electron chi connectivity index (χ0n) is 10.3. The monoisotopic (exact) mass is 264 g/mol. The minimum absolute atomic E-state index is 0.0920. The Morgan fingerprint density at radius 2 is 2.28 bits per heavy atom. The molecule has 5 heteroatoms. The summed E-state index contributed by atoms with van der Waals surface area (Å²) in [5, 5.41) is 2.01. The molecule has 2 heterocycles. The molecular formula is C13H16N2O2S. The Bertz CT molecular complexity index is 505. The van der Waals surface area contributed by atoms with Gasteiger partial charge in [0.2, 0.25) is 0 Å². The number of carbonyl (C=O) groups is 1. The summed E-state index contributed by atoms with van der Waals surface area (Å²) < 4.78 is 5.38. The molecule has 0 fully saturated rings. The first-order chi connectivity index (χ1) is 8.74. The minimum atomic E-state index is -0.0920. The maximum Gasteiger partial charge on any atom is 0.289 e. The molecule has 0 saturated heterocycles. The van der Waals surface area contributed by atoms with Gasteiger partial charge < -0.3 is 15.1 Å². The van der Waals surface area contributed by atoms with Crippen molar-refractivity contribution < 1.29 is 9.21 Å². The van der Waals surface area contributed by atoms with E-state index in [0.717, 1.165) is 4.88 Å².